The van der Waals surface area contributed by atoms with Crippen LogP contribution in [0.3, 0.4) is 0 Å². The Hall–Kier alpha value is -2.55. The summed E-state index contributed by atoms with van der Waals surface area (Å²) in [6.45, 7) is 0. The molecule has 0 aliphatic rings. The number of hydrogen-bond donors (Lipinski definition) is 1. The molecule has 0 heterocycles. The van der Waals surface area contributed by atoms with Crippen LogP contribution in [-0.2, 0) is 0 Å². The second-order valence-electron chi connectivity index (χ2n) is 3.71. The van der Waals surface area contributed by atoms with Crippen LogP contribution in [0.2, 0.25) is 0 Å². The van der Waals surface area contributed by atoms with Crippen LogP contribution >= 0.6 is 0 Å². The van der Waals surface area contributed by atoms with Gasteiger partial charge >= 0.3 is 0 Å². The quantitative estimate of drug-likeness (QED) is 0.661. The third kappa shape index (κ3) is 2.83. The summed E-state index contributed by atoms with van der Waals surface area (Å²) in [4.78, 5) is 0. The molecule has 0 radical (unpaired) electrons. The number of anilines is 2. The summed E-state index contributed by atoms with van der Waals surface area (Å²) in [6.07, 6.45) is 0. The molecular weight excluding hydrogens is 260 g/mol. The zero-order valence-electron chi connectivity index (χ0n) is 9.35. The summed E-state index contributed by atoms with van der Waals surface area (Å²) >= 11 is 0. The van der Waals surface area contributed by atoms with Crippen LogP contribution in [0.15, 0.2) is 30.3 Å². The molecule has 0 spiro atoms. The van der Waals surface area contributed by atoms with Crippen LogP contribution in [-0.4, -0.2) is 0 Å². The molecule has 2 aromatic carbocycles. The van der Waals surface area contributed by atoms with Gasteiger partial charge in [0.1, 0.15) is 11.6 Å². The molecule has 6 heteroatoms. The number of benzene rings is 2. The number of rotatable bonds is 2. The monoisotopic (exact) mass is 266 g/mol. The average molecular weight is 266 g/mol. The largest absolute Gasteiger partial charge is 0.353 e. The third-order valence-corrected chi connectivity index (χ3v) is 2.30. The first-order chi connectivity index (χ1) is 8.99. The number of nitrogens with one attached hydrogen (secondary N) is 1. The maximum atomic E-state index is 13.4. The van der Waals surface area contributed by atoms with Crippen LogP contribution < -0.4 is 5.32 Å². The fourth-order valence-electron chi connectivity index (χ4n) is 1.53. The third-order valence-electron chi connectivity index (χ3n) is 2.30. The van der Waals surface area contributed by atoms with Crippen molar-refractivity contribution in [2.45, 2.75) is 0 Å². The van der Waals surface area contributed by atoms with Crippen LogP contribution in [0.1, 0.15) is 5.56 Å². The Balaban J connectivity index is 2.42. The van der Waals surface area contributed by atoms with Crippen molar-refractivity contribution < 1.29 is 17.6 Å². The lowest BCUT2D eigenvalue weighted by Gasteiger charge is -2.09. The highest BCUT2D eigenvalue weighted by molar-refractivity contribution is 5.62. The predicted molar refractivity (Wildman–Crippen MR) is 60.7 cm³/mol. The molecular formula is C13H6F4N2. The molecule has 19 heavy (non-hydrogen) atoms. The number of hydrogen-bond acceptors (Lipinski definition) is 2. The van der Waals surface area contributed by atoms with E-state index in [0.717, 1.165) is 18.2 Å². The Kier molecular flexibility index (Phi) is 3.38. The Morgan fingerprint density at radius 2 is 1.58 bits per heavy atom. The fraction of sp³-hybridized carbons (Fsp3) is 0. The molecule has 2 nitrogen and oxygen atoms in total. The van der Waals surface area contributed by atoms with Crippen molar-refractivity contribution in [2.75, 3.05) is 5.32 Å². The number of halogens is 4. The summed E-state index contributed by atoms with van der Waals surface area (Å²) in [5.74, 6) is -4.35. The van der Waals surface area contributed by atoms with Crippen molar-refractivity contribution in [1.82, 2.24) is 0 Å². The van der Waals surface area contributed by atoms with Gasteiger partial charge in [-0.15, -0.1) is 0 Å². The van der Waals surface area contributed by atoms with E-state index in [-0.39, 0.29) is 11.3 Å². The second kappa shape index (κ2) is 4.98. The molecule has 0 unspecified atom stereocenters. The van der Waals surface area contributed by atoms with Crippen LogP contribution in [0.25, 0.3) is 0 Å². The van der Waals surface area contributed by atoms with Crippen molar-refractivity contribution in [1.29, 1.82) is 5.26 Å². The molecule has 0 atom stereocenters. The highest BCUT2D eigenvalue weighted by Gasteiger charge is 2.12. The van der Waals surface area contributed by atoms with E-state index in [0.29, 0.717) is 6.07 Å². The van der Waals surface area contributed by atoms with Crippen molar-refractivity contribution in [2.24, 2.45) is 0 Å². The lowest BCUT2D eigenvalue weighted by atomic mass is 10.2. The normalized spacial score (nSPS) is 10.1. The average Bonchev–Trinajstić information content (AvgIpc) is 2.34. The molecule has 2 rings (SSSR count). The van der Waals surface area contributed by atoms with E-state index in [1.807, 2.05) is 0 Å². The van der Waals surface area contributed by atoms with Crippen molar-refractivity contribution in [3.05, 3.63) is 59.2 Å². The Morgan fingerprint density at radius 1 is 0.895 bits per heavy atom. The van der Waals surface area contributed by atoms with Crippen molar-refractivity contribution in [3.8, 4) is 6.07 Å². The minimum atomic E-state index is -1.36. The molecule has 0 aliphatic heterocycles. The van der Waals surface area contributed by atoms with Crippen LogP contribution in [0.4, 0.5) is 28.9 Å². The molecule has 0 aliphatic carbocycles. The first kappa shape index (κ1) is 12.9. The van der Waals surface area contributed by atoms with Gasteiger partial charge in [0.15, 0.2) is 11.6 Å². The predicted octanol–water partition coefficient (Wildman–Crippen LogP) is 3.86. The topological polar surface area (TPSA) is 35.8 Å². The van der Waals surface area contributed by atoms with Gasteiger partial charge in [-0.1, -0.05) is 0 Å². The zero-order chi connectivity index (χ0) is 14.0. The highest BCUT2D eigenvalue weighted by Crippen LogP contribution is 2.24. The van der Waals surface area contributed by atoms with Crippen LogP contribution in [0, 0.1) is 34.6 Å². The van der Waals surface area contributed by atoms with Gasteiger partial charge in [-0.2, -0.15) is 5.26 Å². The number of nitriles is 1. The van der Waals surface area contributed by atoms with Gasteiger partial charge in [0.05, 0.1) is 17.3 Å². The minimum Gasteiger partial charge on any atom is -0.353 e. The maximum absolute atomic E-state index is 13.4. The molecule has 0 saturated heterocycles. The highest BCUT2D eigenvalue weighted by atomic mass is 19.2. The van der Waals surface area contributed by atoms with Gasteiger partial charge in [-0.05, 0) is 18.2 Å². The van der Waals surface area contributed by atoms with E-state index < -0.39 is 29.0 Å². The summed E-state index contributed by atoms with van der Waals surface area (Å²) in [7, 11) is 0. The first-order valence-corrected chi connectivity index (χ1v) is 5.12. The van der Waals surface area contributed by atoms with Gasteiger partial charge < -0.3 is 5.32 Å². The number of nitrogens with zero attached hydrogens (tertiary/aromatic N) is 1. The molecule has 0 amide bonds. The summed E-state index contributed by atoms with van der Waals surface area (Å²) < 4.78 is 52.5. The van der Waals surface area contributed by atoms with Gasteiger partial charge in [0.2, 0.25) is 0 Å². The van der Waals surface area contributed by atoms with E-state index in [1.165, 1.54) is 6.07 Å². The standard InChI is InChI=1S/C13H6F4N2/c14-8-1-7(6-18)2-10(3-8)19-12-5-9(15)4-11(16)13(12)17/h1-5,19H. The molecule has 0 fully saturated rings. The Morgan fingerprint density at radius 3 is 2.26 bits per heavy atom. The summed E-state index contributed by atoms with van der Waals surface area (Å²) in [5.41, 5.74) is -0.466. The van der Waals surface area contributed by atoms with E-state index >= 15 is 0 Å². The van der Waals surface area contributed by atoms with E-state index in [1.54, 1.807) is 6.07 Å². The molecule has 0 saturated carbocycles. The van der Waals surface area contributed by atoms with E-state index in [4.69, 9.17) is 5.26 Å². The van der Waals surface area contributed by atoms with Gasteiger partial charge in [-0.3, -0.25) is 0 Å². The SMILES string of the molecule is N#Cc1cc(F)cc(Nc2cc(F)cc(F)c2F)c1. The van der Waals surface area contributed by atoms with Crippen molar-refractivity contribution in [3.63, 3.8) is 0 Å². The molecule has 0 aromatic heterocycles. The molecule has 1 N–H and O–H groups in total. The first-order valence-electron chi connectivity index (χ1n) is 5.12. The van der Waals surface area contributed by atoms with Gasteiger partial charge in [0, 0.05) is 17.8 Å². The maximum Gasteiger partial charge on any atom is 0.182 e. The van der Waals surface area contributed by atoms with Crippen LogP contribution in [0.5, 0.6) is 0 Å². The molecule has 2 aromatic rings. The van der Waals surface area contributed by atoms with Crippen molar-refractivity contribution >= 4 is 11.4 Å². The molecule has 0 bridgehead atoms. The van der Waals surface area contributed by atoms with E-state index in [9.17, 15) is 17.6 Å². The smallest absolute Gasteiger partial charge is 0.182 e. The minimum absolute atomic E-state index is 0.000201. The Labute approximate surface area is 105 Å². The molecule has 96 valence electrons. The fourth-order valence-corrected chi connectivity index (χ4v) is 1.53. The lowest BCUT2D eigenvalue weighted by Crippen LogP contribution is -1.98. The summed E-state index contributed by atoms with van der Waals surface area (Å²) in [6, 6.07) is 6.02. The summed E-state index contributed by atoms with van der Waals surface area (Å²) in [5, 5.41) is 11.0. The van der Waals surface area contributed by atoms with Gasteiger partial charge in [0.25, 0.3) is 0 Å². The Bertz CT molecular complexity index is 677. The lowest BCUT2D eigenvalue weighted by molar-refractivity contribution is 0.498. The zero-order valence-corrected chi connectivity index (χ0v) is 9.35. The van der Waals surface area contributed by atoms with E-state index in [2.05, 4.69) is 5.32 Å². The second-order valence-corrected chi connectivity index (χ2v) is 3.71. The van der Waals surface area contributed by atoms with Gasteiger partial charge in [-0.25, -0.2) is 17.6 Å².